The first kappa shape index (κ1) is 14.7. The first-order valence-electron chi connectivity index (χ1n) is 8.55. The zero-order chi connectivity index (χ0) is 16.4. The summed E-state index contributed by atoms with van der Waals surface area (Å²) in [5.74, 6) is 0. The van der Waals surface area contributed by atoms with E-state index in [2.05, 4.69) is 98.0 Å². The molecule has 0 spiro atoms. The number of hydrogen-bond donors (Lipinski definition) is 0. The van der Waals surface area contributed by atoms with Gasteiger partial charge in [0.1, 0.15) is 0 Å². The van der Waals surface area contributed by atoms with E-state index in [1.54, 1.807) is 0 Å². The topological polar surface area (TPSA) is 0 Å². The van der Waals surface area contributed by atoms with E-state index in [4.69, 9.17) is 0 Å². The minimum Gasteiger partial charge on any atom is -0.0848 e. The van der Waals surface area contributed by atoms with Crippen LogP contribution in [0.5, 0.6) is 0 Å². The molecule has 0 radical (unpaired) electrons. The molecule has 0 saturated heterocycles. The van der Waals surface area contributed by atoms with Crippen molar-refractivity contribution in [2.45, 2.75) is 13.3 Å². The van der Waals surface area contributed by atoms with Gasteiger partial charge in [-0.05, 0) is 45.0 Å². The molecule has 116 valence electrons. The number of hydrogen-bond acceptors (Lipinski definition) is 0. The molecule has 0 heterocycles. The van der Waals surface area contributed by atoms with Gasteiger partial charge >= 0.3 is 0 Å². The van der Waals surface area contributed by atoms with Crippen molar-refractivity contribution in [3.8, 4) is 22.3 Å². The van der Waals surface area contributed by atoms with Gasteiger partial charge in [0.2, 0.25) is 0 Å². The van der Waals surface area contributed by atoms with Gasteiger partial charge in [0.05, 0.1) is 0 Å². The van der Waals surface area contributed by atoms with Crippen molar-refractivity contribution in [3.05, 3.63) is 90.5 Å². The van der Waals surface area contributed by atoms with Gasteiger partial charge in [0.15, 0.2) is 0 Å². The zero-order valence-corrected chi connectivity index (χ0v) is 13.9. The highest BCUT2D eigenvalue weighted by Gasteiger charge is 2.20. The number of benzene rings is 3. The van der Waals surface area contributed by atoms with Crippen LogP contribution < -0.4 is 0 Å². The molecule has 0 nitrogen and oxygen atoms in total. The van der Waals surface area contributed by atoms with Crippen LogP contribution in [0.1, 0.15) is 18.9 Å². The molecule has 0 unspecified atom stereocenters. The molecule has 0 fully saturated rings. The van der Waals surface area contributed by atoms with Crippen molar-refractivity contribution < 1.29 is 0 Å². The fourth-order valence-electron chi connectivity index (χ4n) is 3.48. The SMILES string of the molecule is CC\C=C/C=C\C=C/c1ccc2c3c(cccc13)-c1ccccc1-2. The monoisotopic (exact) mass is 308 g/mol. The molecular formula is C24H20. The molecular weight excluding hydrogens is 288 g/mol. The van der Waals surface area contributed by atoms with E-state index in [-0.39, 0.29) is 0 Å². The van der Waals surface area contributed by atoms with E-state index in [0.717, 1.165) is 6.42 Å². The average molecular weight is 308 g/mol. The highest BCUT2D eigenvalue weighted by Crippen LogP contribution is 2.47. The van der Waals surface area contributed by atoms with Gasteiger partial charge in [-0.1, -0.05) is 98.0 Å². The molecule has 24 heavy (non-hydrogen) atoms. The molecule has 0 heteroatoms. The van der Waals surface area contributed by atoms with Gasteiger partial charge in [0, 0.05) is 0 Å². The van der Waals surface area contributed by atoms with Gasteiger partial charge in [0.25, 0.3) is 0 Å². The Morgan fingerprint density at radius 1 is 0.667 bits per heavy atom. The summed E-state index contributed by atoms with van der Waals surface area (Å²) >= 11 is 0. The summed E-state index contributed by atoms with van der Waals surface area (Å²) in [5.41, 5.74) is 6.68. The molecule has 0 N–H and O–H groups in total. The molecule has 0 atom stereocenters. The zero-order valence-electron chi connectivity index (χ0n) is 13.9. The Kier molecular flexibility index (Phi) is 3.88. The number of fused-ring (bicyclic) bond motifs is 3. The van der Waals surface area contributed by atoms with Crippen molar-refractivity contribution in [1.29, 1.82) is 0 Å². The molecule has 3 aromatic rings. The number of rotatable bonds is 4. The van der Waals surface area contributed by atoms with Crippen molar-refractivity contribution in [3.63, 3.8) is 0 Å². The molecule has 1 aliphatic carbocycles. The van der Waals surface area contributed by atoms with Gasteiger partial charge in [-0.15, -0.1) is 0 Å². The summed E-state index contributed by atoms with van der Waals surface area (Å²) in [4.78, 5) is 0. The molecule has 0 aliphatic heterocycles. The van der Waals surface area contributed by atoms with Crippen molar-refractivity contribution >= 4 is 16.8 Å². The van der Waals surface area contributed by atoms with Crippen molar-refractivity contribution in [2.75, 3.05) is 0 Å². The van der Waals surface area contributed by atoms with Crippen LogP contribution in [0.3, 0.4) is 0 Å². The van der Waals surface area contributed by atoms with E-state index in [0.29, 0.717) is 0 Å². The summed E-state index contributed by atoms with van der Waals surface area (Å²) < 4.78 is 0. The third kappa shape index (κ3) is 2.41. The lowest BCUT2D eigenvalue weighted by molar-refractivity contribution is 1.22. The molecule has 3 aromatic carbocycles. The lowest BCUT2D eigenvalue weighted by Crippen LogP contribution is -1.80. The highest BCUT2D eigenvalue weighted by atomic mass is 14.2. The lowest BCUT2D eigenvalue weighted by Gasteiger charge is -2.05. The van der Waals surface area contributed by atoms with Crippen molar-refractivity contribution in [1.82, 2.24) is 0 Å². The Bertz CT molecular complexity index is 955. The van der Waals surface area contributed by atoms with Crippen LogP contribution in [0.15, 0.2) is 85.0 Å². The summed E-state index contributed by atoms with van der Waals surface area (Å²) in [7, 11) is 0. The van der Waals surface area contributed by atoms with Gasteiger partial charge in [-0.2, -0.15) is 0 Å². The first-order valence-corrected chi connectivity index (χ1v) is 8.55. The van der Waals surface area contributed by atoms with E-state index in [9.17, 15) is 0 Å². The minimum atomic E-state index is 1.07. The third-order valence-electron chi connectivity index (χ3n) is 4.56. The van der Waals surface area contributed by atoms with Crippen LogP contribution in [0.4, 0.5) is 0 Å². The Labute approximate surface area is 143 Å². The van der Waals surface area contributed by atoms with Crippen LogP contribution in [-0.2, 0) is 0 Å². The van der Waals surface area contributed by atoms with Crippen LogP contribution in [0, 0.1) is 0 Å². The molecule has 4 rings (SSSR count). The van der Waals surface area contributed by atoms with Gasteiger partial charge < -0.3 is 0 Å². The van der Waals surface area contributed by atoms with Gasteiger partial charge in [-0.3, -0.25) is 0 Å². The predicted octanol–water partition coefficient (Wildman–Crippen LogP) is 7.02. The number of allylic oxidation sites excluding steroid dienone is 5. The highest BCUT2D eigenvalue weighted by molar-refractivity contribution is 6.16. The van der Waals surface area contributed by atoms with Gasteiger partial charge in [-0.25, -0.2) is 0 Å². The van der Waals surface area contributed by atoms with E-state index in [1.165, 1.54) is 38.6 Å². The third-order valence-corrected chi connectivity index (χ3v) is 4.56. The lowest BCUT2D eigenvalue weighted by atomic mass is 9.98. The van der Waals surface area contributed by atoms with Crippen LogP contribution in [0.2, 0.25) is 0 Å². The van der Waals surface area contributed by atoms with E-state index < -0.39 is 0 Å². The molecule has 0 saturated carbocycles. The van der Waals surface area contributed by atoms with Crippen LogP contribution >= 0.6 is 0 Å². The second-order valence-corrected chi connectivity index (χ2v) is 6.06. The second kappa shape index (κ2) is 6.33. The van der Waals surface area contributed by atoms with E-state index in [1.807, 2.05) is 0 Å². The van der Waals surface area contributed by atoms with Crippen LogP contribution in [-0.4, -0.2) is 0 Å². The van der Waals surface area contributed by atoms with Crippen molar-refractivity contribution in [2.24, 2.45) is 0 Å². The maximum atomic E-state index is 2.26. The average Bonchev–Trinajstić information content (AvgIpc) is 2.96. The largest absolute Gasteiger partial charge is 0.0848 e. The summed E-state index contributed by atoms with van der Waals surface area (Å²) in [5, 5.41) is 2.71. The fraction of sp³-hybridized carbons (Fsp3) is 0.0833. The predicted molar refractivity (Wildman–Crippen MR) is 106 cm³/mol. The maximum absolute atomic E-state index is 2.26. The summed E-state index contributed by atoms with van der Waals surface area (Å²) in [6, 6.07) is 19.8. The first-order chi connectivity index (χ1) is 11.9. The smallest absolute Gasteiger partial charge is 0.00204 e. The Balaban J connectivity index is 1.79. The molecule has 0 amide bonds. The maximum Gasteiger partial charge on any atom is -0.00204 e. The molecule has 0 bridgehead atoms. The Morgan fingerprint density at radius 3 is 2.17 bits per heavy atom. The fourth-order valence-corrected chi connectivity index (χ4v) is 3.48. The Hall–Kier alpha value is -2.86. The standard InChI is InChI=1S/C24H20/c1-2-3-4-5-6-7-11-18-16-17-23-21-13-9-8-12-20(21)22-15-10-14-19(18)24(22)23/h3-17H,2H2,1H3/b4-3-,6-5-,11-7-. The van der Waals surface area contributed by atoms with E-state index >= 15 is 0 Å². The second-order valence-electron chi connectivity index (χ2n) is 6.06. The quantitative estimate of drug-likeness (QED) is 0.355. The summed E-state index contributed by atoms with van der Waals surface area (Å²) in [6.07, 6.45) is 13.8. The minimum absolute atomic E-state index is 1.07. The molecule has 0 aromatic heterocycles. The summed E-state index contributed by atoms with van der Waals surface area (Å²) in [6.45, 7) is 2.14. The normalized spacial score (nSPS) is 12.9. The Morgan fingerprint density at radius 2 is 1.38 bits per heavy atom. The molecule has 1 aliphatic rings. The van der Waals surface area contributed by atoms with Crippen LogP contribution in [0.25, 0.3) is 39.1 Å².